The average molecular weight is 478 g/mol. The summed E-state index contributed by atoms with van der Waals surface area (Å²) in [6, 6.07) is 17.3. The number of hydrogen-bond donors (Lipinski definition) is 0. The van der Waals surface area contributed by atoms with Gasteiger partial charge in [0.05, 0.1) is 12.8 Å². The normalized spacial score (nSPS) is 14.1. The van der Waals surface area contributed by atoms with Crippen LogP contribution in [0.4, 0.5) is 0 Å². The molecule has 0 aliphatic carbocycles. The number of hydrogen-bond acceptors (Lipinski definition) is 5. The average Bonchev–Trinajstić information content (AvgIpc) is 3.57. The van der Waals surface area contributed by atoms with Gasteiger partial charge in [0.25, 0.3) is 5.91 Å². The van der Waals surface area contributed by atoms with E-state index in [1.54, 1.807) is 21.9 Å². The summed E-state index contributed by atoms with van der Waals surface area (Å²) in [5.41, 5.74) is 1.16. The molecule has 1 aliphatic heterocycles. The van der Waals surface area contributed by atoms with Crippen LogP contribution in [0.3, 0.4) is 0 Å². The van der Waals surface area contributed by atoms with Gasteiger partial charge in [0.1, 0.15) is 18.1 Å². The Morgan fingerprint density at radius 3 is 2.40 bits per heavy atom. The Bertz CT molecular complexity index is 1060. The summed E-state index contributed by atoms with van der Waals surface area (Å²) >= 11 is 0. The number of rotatable bonds is 11. The zero-order valence-corrected chi connectivity index (χ0v) is 20.5. The Morgan fingerprint density at radius 1 is 0.914 bits per heavy atom. The molecule has 0 radical (unpaired) electrons. The Hall–Kier alpha value is -3.32. The van der Waals surface area contributed by atoms with E-state index in [0.29, 0.717) is 19.6 Å². The van der Waals surface area contributed by atoms with Crippen LogP contribution >= 0.6 is 0 Å². The molecule has 4 rings (SSSR count). The summed E-state index contributed by atoms with van der Waals surface area (Å²) in [6.45, 7) is 6.12. The summed E-state index contributed by atoms with van der Waals surface area (Å²) in [5, 5.41) is 0. The summed E-state index contributed by atoms with van der Waals surface area (Å²) < 4.78 is 11.1. The number of nitrogens with zero attached hydrogens (tertiary/aromatic N) is 3. The summed E-state index contributed by atoms with van der Waals surface area (Å²) in [4.78, 5) is 32.5. The Labute approximate surface area is 207 Å². The van der Waals surface area contributed by atoms with Crippen molar-refractivity contribution >= 4 is 11.8 Å². The molecule has 1 aromatic carbocycles. The van der Waals surface area contributed by atoms with Gasteiger partial charge in [-0.25, -0.2) is 0 Å². The molecule has 1 aliphatic rings. The van der Waals surface area contributed by atoms with Gasteiger partial charge >= 0.3 is 0 Å². The molecule has 2 amide bonds. The lowest BCUT2D eigenvalue weighted by atomic mass is 10.1. The lowest BCUT2D eigenvalue weighted by Gasteiger charge is -2.31. The maximum absolute atomic E-state index is 13.6. The number of aryl methyl sites for hydroxylation is 1. The predicted octanol–water partition coefficient (Wildman–Crippen LogP) is 4.38. The third-order valence-electron chi connectivity index (χ3n) is 6.49. The number of furan rings is 2. The standard InChI is InChI=1S/C28H35N3O4/c1-23-12-13-25(35-23)21-30(17-14-24-9-4-2-5-10-24)27(32)22-31(28(33)26-11-8-20-34-26)19-18-29-15-6-3-7-16-29/h2,4-5,8-13,20H,3,6-7,14-19,21-22H2,1H3. The second kappa shape index (κ2) is 12.4. The smallest absolute Gasteiger partial charge is 0.290 e. The Kier molecular flexibility index (Phi) is 8.79. The summed E-state index contributed by atoms with van der Waals surface area (Å²) in [5.74, 6) is 1.45. The predicted molar refractivity (Wildman–Crippen MR) is 134 cm³/mol. The van der Waals surface area contributed by atoms with Gasteiger partial charge in [-0.2, -0.15) is 0 Å². The highest BCUT2D eigenvalue weighted by Crippen LogP contribution is 2.14. The largest absolute Gasteiger partial charge is 0.464 e. The van der Waals surface area contributed by atoms with Crippen LogP contribution in [0.25, 0.3) is 0 Å². The fourth-order valence-electron chi connectivity index (χ4n) is 4.48. The van der Waals surface area contributed by atoms with Crippen molar-refractivity contribution in [2.45, 2.75) is 39.2 Å². The van der Waals surface area contributed by atoms with Gasteiger partial charge in [-0.05, 0) is 69.1 Å². The first-order valence-electron chi connectivity index (χ1n) is 12.5. The topological polar surface area (TPSA) is 70.1 Å². The van der Waals surface area contributed by atoms with Crippen molar-refractivity contribution in [2.75, 3.05) is 39.3 Å². The van der Waals surface area contributed by atoms with Crippen molar-refractivity contribution in [1.29, 1.82) is 0 Å². The number of benzene rings is 1. The van der Waals surface area contributed by atoms with Crippen LogP contribution in [-0.4, -0.2) is 65.8 Å². The second-order valence-electron chi connectivity index (χ2n) is 9.17. The summed E-state index contributed by atoms with van der Waals surface area (Å²) in [7, 11) is 0. The number of likely N-dealkylation sites (tertiary alicyclic amines) is 1. The van der Waals surface area contributed by atoms with E-state index >= 15 is 0 Å². The van der Waals surface area contributed by atoms with Crippen LogP contribution in [0.2, 0.25) is 0 Å². The number of piperidine rings is 1. The lowest BCUT2D eigenvalue weighted by Crippen LogP contribution is -2.46. The van der Waals surface area contributed by atoms with Crippen LogP contribution in [-0.2, 0) is 17.8 Å². The van der Waals surface area contributed by atoms with Crippen LogP contribution in [0, 0.1) is 6.92 Å². The summed E-state index contributed by atoms with van der Waals surface area (Å²) in [6.07, 6.45) is 5.84. The van der Waals surface area contributed by atoms with E-state index in [9.17, 15) is 9.59 Å². The first-order valence-corrected chi connectivity index (χ1v) is 12.5. The first-order chi connectivity index (χ1) is 17.1. The molecular weight excluding hydrogens is 442 g/mol. The molecule has 0 unspecified atom stereocenters. The zero-order chi connectivity index (χ0) is 24.5. The molecule has 3 heterocycles. The molecule has 1 saturated heterocycles. The molecule has 3 aromatic rings. The van der Waals surface area contributed by atoms with Crippen molar-refractivity contribution in [3.8, 4) is 0 Å². The van der Waals surface area contributed by atoms with Crippen molar-refractivity contribution < 1.29 is 18.4 Å². The first kappa shape index (κ1) is 24.8. The molecule has 0 atom stereocenters. The van der Waals surface area contributed by atoms with Gasteiger partial charge in [-0.1, -0.05) is 36.8 Å². The van der Waals surface area contributed by atoms with Crippen molar-refractivity contribution in [2.24, 2.45) is 0 Å². The molecule has 0 bridgehead atoms. The van der Waals surface area contributed by atoms with Crippen molar-refractivity contribution in [3.63, 3.8) is 0 Å². The fourth-order valence-corrected chi connectivity index (χ4v) is 4.48. The molecule has 35 heavy (non-hydrogen) atoms. The third-order valence-corrected chi connectivity index (χ3v) is 6.49. The van der Waals surface area contributed by atoms with E-state index in [1.165, 1.54) is 25.5 Å². The highest BCUT2D eigenvalue weighted by Gasteiger charge is 2.25. The quantitative estimate of drug-likeness (QED) is 0.410. The van der Waals surface area contributed by atoms with Gasteiger partial charge in [-0.15, -0.1) is 0 Å². The highest BCUT2D eigenvalue weighted by atomic mass is 16.3. The Balaban J connectivity index is 1.46. The molecule has 2 aromatic heterocycles. The Morgan fingerprint density at radius 2 is 1.71 bits per heavy atom. The van der Waals surface area contributed by atoms with Gasteiger partial charge in [-0.3, -0.25) is 9.59 Å². The molecule has 7 nitrogen and oxygen atoms in total. The van der Waals surface area contributed by atoms with Gasteiger partial charge in [0.2, 0.25) is 5.91 Å². The molecule has 0 spiro atoms. The van der Waals surface area contributed by atoms with E-state index in [2.05, 4.69) is 17.0 Å². The van der Waals surface area contributed by atoms with Crippen molar-refractivity contribution in [3.05, 3.63) is 83.7 Å². The van der Waals surface area contributed by atoms with Crippen molar-refractivity contribution in [1.82, 2.24) is 14.7 Å². The monoisotopic (exact) mass is 477 g/mol. The third kappa shape index (κ3) is 7.33. The van der Waals surface area contributed by atoms with Gasteiger partial charge in [0, 0.05) is 19.6 Å². The second-order valence-corrected chi connectivity index (χ2v) is 9.17. The maximum Gasteiger partial charge on any atom is 0.290 e. The lowest BCUT2D eigenvalue weighted by molar-refractivity contribution is -0.132. The minimum absolute atomic E-state index is 0.00184. The minimum Gasteiger partial charge on any atom is -0.464 e. The number of carbonyl (C=O) groups is 2. The zero-order valence-electron chi connectivity index (χ0n) is 20.5. The molecule has 0 N–H and O–H groups in total. The fraction of sp³-hybridized carbons (Fsp3) is 0.429. The van der Waals surface area contributed by atoms with E-state index < -0.39 is 0 Å². The molecular formula is C28H35N3O4. The van der Waals surface area contributed by atoms with Crippen LogP contribution in [0.15, 0.2) is 69.7 Å². The van der Waals surface area contributed by atoms with E-state index in [1.807, 2.05) is 37.3 Å². The molecule has 0 saturated carbocycles. The SMILES string of the molecule is Cc1ccc(CN(CCc2ccccc2)C(=O)CN(CCN2CCCCC2)C(=O)c2ccco2)o1. The van der Waals surface area contributed by atoms with E-state index in [-0.39, 0.29) is 24.1 Å². The van der Waals surface area contributed by atoms with Crippen LogP contribution in [0.1, 0.15) is 46.9 Å². The van der Waals surface area contributed by atoms with E-state index in [4.69, 9.17) is 8.83 Å². The molecule has 186 valence electrons. The van der Waals surface area contributed by atoms with Crippen LogP contribution < -0.4 is 0 Å². The maximum atomic E-state index is 13.6. The van der Waals surface area contributed by atoms with Crippen LogP contribution in [0.5, 0.6) is 0 Å². The minimum atomic E-state index is -0.253. The molecule has 1 fully saturated rings. The van der Waals surface area contributed by atoms with Gasteiger partial charge in [0.15, 0.2) is 5.76 Å². The van der Waals surface area contributed by atoms with E-state index in [0.717, 1.165) is 43.1 Å². The molecule has 7 heteroatoms. The van der Waals surface area contributed by atoms with Gasteiger partial charge < -0.3 is 23.5 Å². The number of amides is 2. The number of carbonyl (C=O) groups excluding carboxylic acids is 2. The highest BCUT2D eigenvalue weighted by molar-refractivity contribution is 5.94.